The summed E-state index contributed by atoms with van der Waals surface area (Å²) in [4.78, 5) is 10.4. The SMILES string of the molecule is COc1ccc(CNc2cc([N+](=O)[O-])ccc2Br)cc1Br. The van der Waals surface area contributed by atoms with Gasteiger partial charge in [0.05, 0.1) is 22.2 Å². The van der Waals surface area contributed by atoms with E-state index in [0.717, 1.165) is 20.3 Å². The summed E-state index contributed by atoms with van der Waals surface area (Å²) >= 11 is 6.80. The Morgan fingerprint density at radius 3 is 2.57 bits per heavy atom. The average molecular weight is 416 g/mol. The van der Waals surface area contributed by atoms with Gasteiger partial charge >= 0.3 is 0 Å². The minimum atomic E-state index is -0.415. The number of nitrogens with one attached hydrogen (secondary N) is 1. The first-order chi connectivity index (χ1) is 10.0. The van der Waals surface area contributed by atoms with Crippen molar-refractivity contribution in [2.75, 3.05) is 12.4 Å². The highest BCUT2D eigenvalue weighted by atomic mass is 79.9. The molecule has 0 aromatic heterocycles. The van der Waals surface area contributed by atoms with Crippen LogP contribution < -0.4 is 10.1 Å². The highest BCUT2D eigenvalue weighted by Gasteiger charge is 2.09. The Bertz CT molecular complexity index is 677. The number of hydrogen-bond acceptors (Lipinski definition) is 4. The number of nitro groups is 1. The molecule has 0 unspecified atom stereocenters. The van der Waals surface area contributed by atoms with Gasteiger partial charge in [-0.1, -0.05) is 6.07 Å². The number of methoxy groups -OCH3 is 1. The number of ether oxygens (including phenoxy) is 1. The van der Waals surface area contributed by atoms with E-state index in [9.17, 15) is 10.1 Å². The number of hydrogen-bond donors (Lipinski definition) is 1. The van der Waals surface area contributed by atoms with Crippen molar-refractivity contribution >= 4 is 43.2 Å². The zero-order chi connectivity index (χ0) is 15.4. The summed E-state index contributed by atoms with van der Waals surface area (Å²) in [6, 6.07) is 10.4. The number of halogens is 2. The third-order valence-corrected chi connectivity index (χ3v) is 4.17. The Balaban J connectivity index is 2.14. The Morgan fingerprint density at radius 1 is 1.19 bits per heavy atom. The van der Waals surface area contributed by atoms with Crippen molar-refractivity contribution in [2.45, 2.75) is 6.54 Å². The van der Waals surface area contributed by atoms with Crippen LogP contribution in [-0.2, 0) is 6.54 Å². The molecule has 0 bridgehead atoms. The quantitative estimate of drug-likeness (QED) is 0.565. The third-order valence-electron chi connectivity index (χ3n) is 2.86. The van der Waals surface area contributed by atoms with Gasteiger partial charge in [0, 0.05) is 23.2 Å². The average Bonchev–Trinajstić information content (AvgIpc) is 2.46. The van der Waals surface area contributed by atoms with Crippen molar-refractivity contribution in [1.29, 1.82) is 0 Å². The van der Waals surface area contributed by atoms with Gasteiger partial charge < -0.3 is 10.1 Å². The van der Waals surface area contributed by atoms with Gasteiger partial charge in [-0.15, -0.1) is 0 Å². The van der Waals surface area contributed by atoms with Crippen LogP contribution in [0.1, 0.15) is 5.56 Å². The Kier molecular flexibility index (Phi) is 5.19. The van der Waals surface area contributed by atoms with Crippen molar-refractivity contribution in [1.82, 2.24) is 0 Å². The van der Waals surface area contributed by atoms with Crippen LogP contribution in [0.15, 0.2) is 45.3 Å². The van der Waals surface area contributed by atoms with E-state index in [0.29, 0.717) is 12.2 Å². The lowest BCUT2D eigenvalue weighted by Gasteiger charge is -2.10. The molecule has 0 heterocycles. The summed E-state index contributed by atoms with van der Waals surface area (Å²) in [6.45, 7) is 0.544. The molecule has 0 aliphatic carbocycles. The van der Waals surface area contributed by atoms with Gasteiger partial charge in [0.25, 0.3) is 5.69 Å². The number of benzene rings is 2. The van der Waals surface area contributed by atoms with E-state index in [2.05, 4.69) is 37.2 Å². The molecule has 2 rings (SSSR count). The molecule has 5 nitrogen and oxygen atoms in total. The molecular weight excluding hydrogens is 404 g/mol. The highest BCUT2D eigenvalue weighted by Crippen LogP contribution is 2.29. The van der Waals surface area contributed by atoms with E-state index in [1.54, 1.807) is 13.2 Å². The van der Waals surface area contributed by atoms with E-state index in [1.165, 1.54) is 12.1 Å². The van der Waals surface area contributed by atoms with Gasteiger partial charge in [-0.2, -0.15) is 0 Å². The molecule has 2 aromatic rings. The van der Waals surface area contributed by atoms with E-state index in [-0.39, 0.29) is 5.69 Å². The van der Waals surface area contributed by atoms with Crippen molar-refractivity contribution < 1.29 is 9.66 Å². The van der Waals surface area contributed by atoms with Gasteiger partial charge in [0.2, 0.25) is 0 Å². The molecule has 0 spiro atoms. The van der Waals surface area contributed by atoms with Gasteiger partial charge in [0.1, 0.15) is 5.75 Å². The molecule has 0 saturated carbocycles. The Labute approximate surface area is 138 Å². The van der Waals surface area contributed by atoms with Crippen LogP contribution >= 0.6 is 31.9 Å². The van der Waals surface area contributed by atoms with Crippen molar-refractivity contribution in [3.8, 4) is 5.75 Å². The van der Waals surface area contributed by atoms with Crippen molar-refractivity contribution in [3.05, 3.63) is 61.0 Å². The molecule has 0 saturated heterocycles. The molecular formula is C14H12Br2N2O3. The van der Waals surface area contributed by atoms with E-state index < -0.39 is 4.92 Å². The predicted molar refractivity (Wildman–Crippen MR) is 88.8 cm³/mol. The summed E-state index contributed by atoms with van der Waals surface area (Å²) in [6.07, 6.45) is 0. The Hall–Kier alpha value is -1.60. The van der Waals surface area contributed by atoms with Gasteiger partial charge in [-0.25, -0.2) is 0 Å². The first kappa shape index (κ1) is 15.8. The summed E-state index contributed by atoms with van der Waals surface area (Å²) < 4.78 is 6.82. The smallest absolute Gasteiger partial charge is 0.271 e. The van der Waals surface area contributed by atoms with Crippen LogP contribution in [0, 0.1) is 10.1 Å². The monoisotopic (exact) mass is 414 g/mol. The van der Waals surface area contributed by atoms with Crippen LogP contribution in [0.4, 0.5) is 11.4 Å². The topological polar surface area (TPSA) is 64.4 Å². The zero-order valence-corrected chi connectivity index (χ0v) is 14.3. The fourth-order valence-electron chi connectivity index (χ4n) is 1.78. The predicted octanol–water partition coefficient (Wildman–Crippen LogP) is 4.74. The summed E-state index contributed by atoms with van der Waals surface area (Å²) in [5.74, 6) is 0.760. The maximum absolute atomic E-state index is 10.8. The maximum atomic E-state index is 10.8. The van der Waals surface area contributed by atoms with Crippen LogP contribution in [0.25, 0.3) is 0 Å². The summed E-state index contributed by atoms with van der Waals surface area (Å²) in [7, 11) is 1.61. The highest BCUT2D eigenvalue weighted by molar-refractivity contribution is 9.11. The van der Waals surface area contributed by atoms with Gasteiger partial charge in [-0.05, 0) is 55.6 Å². The number of nitro benzene ring substituents is 1. The fraction of sp³-hybridized carbons (Fsp3) is 0.143. The van der Waals surface area contributed by atoms with E-state index >= 15 is 0 Å². The minimum Gasteiger partial charge on any atom is -0.496 e. The van der Waals surface area contributed by atoms with Crippen LogP contribution in [0.2, 0.25) is 0 Å². The largest absolute Gasteiger partial charge is 0.496 e. The normalized spacial score (nSPS) is 10.2. The summed E-state index contributed by atoms with van der Waals surface area (Å²) in [5.41, 5.74) is 1.76. The molecule has 0 aliphatic rings. The van der Waals surface area contributed by atoms with Crippen LogP contribution in [-0.4, -0.2) is 12.0 Å². The second-order valence-corrected chi connectivity index (χ2v) is 5.95. The lowest BCUT2D eigenvalue weighted by molar-refractivity contribution is -0.384. The van der Waals surface area contributed by atoms with Gasteiger partial charge in [0.15, 0.2) is 0 Å². The minimum absolute atomic E-state index is 0.0524. The van der Waals surface area contributed by atoms with Crippen molar-refractivity contribution in [3.63, 3.8) is 0 Å². The molecule has 0 aliphatic heterocycles. The molecule has 0 atom stereocenters. The summed E-state index contributed by atoms with van der Waals surface area (Å²) in [5, 5.41) is 14.0. The second-order valence-electron chi connectivity index (χ2n) is 4.24. The van der Waals surface area contributed by atoms with E-state index in [4.69, 9.17) is 4.74 Å². The molecule has 0 fully saturated rings. The fourth-order valence-corrected chi connectivity index (χ4v) is 2.75. The molecule has 110 valence electrons. The number of non-ortho nitro benzene ring substituents is 1. The van der Waals surface area contributed by atoms with Crippen LogP contribution in [0.3, 0.4) is 0 Å². The maximum Gasteiger partial charge on any atom is 0.271 e. The first-order valence-corrected chi connectivity index (χ1v) is 7.60. The van der Waals surface area contributed by atoms with E-state index in [1.807, 2.05) is 18.2 Å². The third kappa shape index (κ3) is 3.95. The van der Waals surface area contributed by atoms with Gasteiger partial charge in [-0.3, -0.25) is 10.1 Å². The number of rotatable bonds is 5. The molecule has 0 amide bonds. The molecule has 2 aromatic carbocycles. The lowest BCUT2D eigenvalue weighted by Crippen LogP contribution is -2.01. The van der Waals surface area contributed by atoms with Crippen molar-refractivity contribution in [2.24, 2.45) is 0 Å². The first-order valence-electron chi connectivity index (χ1n) is 6.01. The second kappa shape index (κ2) is 6.91. The molecule has 1 N–H and O–H groups in total. The molecule has 21 heavy (non-hydrogen) atoms. The number of anilines is 1. The lowest BCUT2D eigenvalue weighted by atomic mass is 10.2. The molecule has 0 radical (unpaired) electrons. The number of nitrogens with zero attached hydrogens (tertiary/aromatic N) is 1. The Morgan fingerprint density at radius 2 is 1.95 bits per heavy atom. The van der Waals surface area contributed by atoms with Crippen LogP contribution in [0.5, 0.6) is 5.75 Å². The zero-order valence-electron chi connectivity index (χ0n) is 11.1. The molecule has 7 heteroatoms. The standard InChI is InChI=1S/C14H12Br2N2O3/c1-21-14-5-2-9(6-12(14)16)8-17-13-7-10(18(19)20)3-4-11(13)15/h2-7,17H,8H2,1H3.